The lowest BCUT2D eigenvalue weighted by molar-refractivity contribution is -0.148. The summed E-state index contributed by atoms with van der Waals surface area (Å²) in [6.45, 7) is 5.64. The van der Waals surface area contributed by atoms with E-state index in [1.54, 1.807) is 0 Å². The van der Waals surface area contributed by atoms with Gasteiger partial charge in [-0.25, -0.2) is 9.48 Å². The lowest BCUT2D eigenvalue weighted by Crippen LogP contribution is -2.42. The number of rotatable bonds is 5. The summed E-state index contributed by atoms with van der Waals surface area (Å²) in [4.78, 5) is 11.8. The monoisotopic (exact) mass is 352 g/mol. The third-order valence-electron chi connectivity index (χ3n) is 3.81. The van der Waals surface area contributed by atoms with Gasteiger partial charge in [-0.2, -0.15) is 0 Å². The molecule has 7 heteroatoms. The molecule has 0 unspecified atom stereocenters. The van der Waals surface area contributed by atoms with E-state index >= 15 is 0 Å². The molecule has 21 heavy (non-hydrogen) atoms. The van der Waals surface area contributed by atoms with Gasteiger partial charge in [0.2, 0.25) is 0 Å². The number of tetrazole rings is 1. The van der Waals surface area contributed by atoms with Gasteiger partial charge in [-0.1, -0.05) is 35.8 Å². The molecule has 0 radical (unpaired) electrons. The van der Waals surface area contributed by atoms with Gasteiger partial charge < -0.3 is 5.11 Å². The lowest BCUT2D eigenvalue weighted by atomic mass is 9.92. The lowest BCUT2D eigenvalue weighted by Gasteiger charge is -2.27. The Balaban J connectivity index is 2.64. The molecule has 0 bridgehead atoms. The molecule has 1 aromatic carbocycles. The molecule has 1 heterocycles. The molecule has 0 spiro atoms. The topological polar surface area (TPSA) is 80.9 Å². The van der Waals surface area contributed by atoms with Crippen LogP contribution in [0.1, 0.15) is 32.3 Å². The zero-order valence-corrected chi connectivity index (χ0v) is 13.8. The van der Waals surface area contributed by atoms with Gasteiger partial charge in [0, 0.05) is 10.0 Å². The number of carboxylic acids is 1. The summed E-state index contributed by atoms with van der Waals surface area (Å²) in [5, 5.41) is 21.3. The summed E-state index contributed by atoms with van der Waals surface area (Å²) in [5.74, 6) is -0.475. The molecule has 1 N–H and O–H groups in total. The van der Waals surface area contributed by atoms with Crippen LogP contribution in [0, 0.1) is 6.92 Å². The van der Waals surface area contributed by atoms with E-state index < -0.39 is 11.5 Å². The van der Waals surface area contributed by atoms with Gasteiger partial charge in [0.25, 0.3) is 0 Å². The second kappa shape index (κ2) is 5.93. The largest absolute Gasteiger partial charge is 0.479 e. The number of benzene rings is 1. The number of carboxylic acid groups (broad SMARTS) is 1. The smallest absolute Gasteiger partial charge is 0.331 e. The standard InChI is InChI=1S/C14H17BrN4O2/c1-4-14(5-2,13(20)21)19-12(16-17-18-19)10-7-6-9(3)8-11(10)15/h6-8H,4-5H2,1-3H3,(H,20,21). The van der Waals surface area contributed by atoms with Crippen LogP contribution >= 0.6 is 15.9 Å². The van der Waals surface area contributed by atoms with Crippen LogP contribution in [0.3, 0.4) is 0 Å². The summed E-state index contributed by atoms with van der Waals surface area (Å²) in [6.07, 6.45) is 0.806. The van der Waals surface area contributed by atoms with Gasteiger partial charge in [0.05, 0.1) is 0 Å². The summed E-state index contributed by atoms with van der Waals surface area (Å²) < 4.78 is 2.26. The molecule has 0 aliphatic heterocycles. The van der Waals surface area contributed by atoms with Crippen molar-refractivity contribution in [2.24, 2.45) is 0 Å². The van der Waals surface area contributed by atoms with E-state index in [1.165, 1.54) is 4.68 Å². The van der Waals surface area contributed by atoms with Crippen molar-refractivity contribution in [2.75, 3.05) is 0 Å². The maximum Gasteiger partial charge on any atom is 0.331 e. The summed E-state index contributed by atoms with van der Waals surface area (Å²) in [5.41, 5.74) is 0.738. The Bertz CT molecular complexity index is 665. The fourth-order valence-electron chi connectivity index (χ4n) is 2.39. The van der Waals surface area contributed by atoms with E-state index in [0.29, 0.717) is 18.7 Å². The second-order valence-corrected chi connectivity index (χ2v) is 5.80. The average molecular weight is 353 g/mol. The van der Waals surface area contributed by atoms with Crippen LogP contribution in [0.4, 0.5) is 0 Å². The highest BCUT2D eigenvalue weighted by Gasteiger charge is 2.40. The van der Waals surface area contributed by atoms with Gasteiger partial charge >= 0.3 is 5.97 Å². The zero-order valence-electron chi connectivity index (χ0n) is 12.2. The Hall–Kier alpha value is -1.76. The number of nitrogens with zero attached hydrogens (tertiary/aromatic N) is 4. The maximum atomic E-state index is 11.8. The van der Waals surface area contributed by atoms with Crippen molar-refractivity contribution in [3.05, 3.63) is 28.2 Å². The number of aryl methyl sites for hydroxylation is 1. The minimum absolute atomic E-state index is 0.403. The number of hydrogen-bond acceptors (Lipinski definition) is 4. The zero-order chi connectivity index (χ0) is 15.6. The molecule has 1 aromatic heterocycles. The molecule has 0 atom stereocenters. The normalized spacial score (nSPS) is 11.6. The molecule has 0 amide bonds. The summed E-state index contributed by atoms with van der Waals surface area (Å²) in [6, 6.07) is 5.79. The molecule has 0 saturated carbocycles. The molecule has 0 aliphatic carbocycles. The van der Waals surface area contributed by atoms with E-state index in [0.717, 1.165) is 15.6 Å². The van der Waals surface area contributed by atoms with Gasteiger partial charge in [-0.3, -0.25) is 0 Å². The van der Waals surface area contributed by atoms with Crippen molar-refractivity contribution in [3.8, 4) is 11.4 Å². The predicted molar refractivity (Wildman–Crippen MR) is 81.9 cm³/mol. The van der Waals surface area contributed by atoms with Crippen LogP contribution in [0.2, 0.25) is 0 Å². The molecule has 0 saturated heterocycles. The number of aliphatic carboxylic acids is 1. The summed E-state index contributed by atoms with van der Waals surface area (Å²) >= 11 is 3.49. The Morgan fingerprint density at radius 3 is 2.57 bits per heavy atom. The van der Waals surface area contributed by atoms with E-state index in [1.807, 2.05) is 39.0 Å². The number of halogens is 1. The van der Waals surface area contributed by atoms with Crippen molar-refractivity contribution in [1.82, 2.24) is 20.2 Å². The first-order valence-corrected chi connectivity index (χ1v) is 7.54. The van der Waals surface area contributed by atoms with E-state index in [-0.39, 0.29) is 0 Å². The number of carbonyl (C=O) groups is 1. The Morgan fingerprint density at radius 1 is 1.38 bits per heavy atom. The van der Waals surface area contributed by atoms with Crippen LogP contribution in [0.15, 0.2) is 22.7 Å². The third kappa shape index (κ3) is 2.57. The summed E-state index contributed by atoms with van der Waals surface area (Å²) in [7, 11) is 0. The highest BCUT2D eigenvalue weighted by molar-refractivity contribution is 9.10. The highest BCUT2D eigenvalue weighted by Crippen LogP contribution is 2.33. The maximum absolute atomic E-state index is 11.8. The van der Waals surface area contributed by atoms with Crippen molar-refractivity contribution in [2.45, 2.75) is 39.2 Å². The van der Waals surface area contributed by atoms with Gasteiger partial charge in [0.15, 0.2) is 11.4 Å². The van der Waals surface area contributed by atoms with Crippen molar-refractivity contribution in [3.63, 3.8) is 0 Å². The van der Waals surface area contributed by atoms with Crippen LogP contribution in [0.5, 0.6) is 0 Å². The van der Waals surface area contributed by atoms with Crippen LogP contribution in [-0.4, -0.2) is 31.3 Å². The second-order valence-electron chi connectivity index (χ2n) is 4.94. The fraction of sp³-hybridized carbons (Fsp3) is 0.429. The van der Waals surface area contributed by atoms with E-state index in [2.05, 4.69) is 31.5 Å². The van der Waals surface area contributed by atoms with Crippen molar-refractivity contribution in [1.29, 1.82) is 0 Å². The minimum Gasteiger partial charge on any atom is -0.479 e. The van der Waals surface area contributed by atoms with Crippen LogP contribution in [0.25, 0.3) is 11.4 Å². The Labute approximate surface area is 131 Å². The Morgan fingerprint density at radius 2 is 2.05 bits per heavy atom. The van der Waals surface area contributed by atoms with Gasteiger partial charge in [0.1, 0.15) is 0 Å². The third-order valence-corrected chi connectivity index (χ3v) is 4.46. The SMILES string of the molecule is CCC(CC)(C(=O)O)n1nnnc1-c1ccc(C)cc1Br. The molecular weight excluding hydrogens is 336 g/mol. The first-order chi connectivity index (χ1) is 9.96. The first-order valence-electron chi connectivity index (χ1n) is 6.75. The predicted octanol–water partition coefficient (Wildman–Crippen LogP) is 3.01. The highest BCUT2D eigenvalue weighted by atomic mass is 79.9. The Kier molecular flexibility index (Phi) is 4.41. The number of aromatic nitrogens is 4. The first kappa shape index (κ1) is 15.6. The molecule has 6 nitrogen and oxygen atoms in total. The molecule has 0 aliphatic rings. The van der Waals surface area contributed by atoms with Crippen molar-refractivity contribution < 1.29 is 9.90 Å². The quantitative estimate of drug-likeness (QED) is 0.894. The van der Waals surface area contributed by atoms with Crippen LogP contribution < -0.4 is 0 Å². The fourth-order valence-corrected chi connectivity index (χ4v) is 3.06. The minimum atomic E-state index is -1.14. The van der Waals surface area contributed by atoms with E-state index in [4.69, 9.17) is 0 Å². The van der Waals surface area contributed by atoms with Crippen molar-refractivity contribution >= 4 is 21.9 Å². The van der Waals surface area contributed by atoms with Gasteiger partial charge in [-0.05, 0) is 47.9 Å². The average Bonchev–Trinajstić information content (AvgIpc) is 2.90. The van der Waals surface area contributed by atoms with E-state index in [9.17, 15) is 9.90 Å². The molecule has 2 rings (SSSR count). The molecule has 112 valence electrons. The van der Waals surface area contributed by atoms with Gasteiger partial charge in [-0.15, -0.1) is 5.10 Å². The molecule has 2 aromatic rings. The molecular formula is C14H17BrN4O2. The molecule has 0 fully saturated rings. The van der Waals surface area contributed by atoms with Crippen LogP contribution in [-0.2, 0) is 10.3 Å². The number of hydrogen-bond donors (Lipinski definition) is 1.